The van der Waals surface area contributed by atoms with Crippen LogP contribution in [-0.4, -0.2) is 75.6 Å². The van der Waals surface area contributed by atoms with Crippen molar-refractivity contribution in [3.63, 3.8) is 0 Å². The number of carbonyl (C=O) groups is 1. The lowest BCUT2D eigenvalue weighted by atomic mass is 10.0. The average molecular weight is 929 g/mol. The summed E-state index contributed by atoms with van der Waals surface area (Å²) in [6, 6.07) is 0. The number of ether oxygens (including phenoxy) is 2. The second-order valence-electron chi connectivity index (χ2n) is 20.3. The lowest BCUT2D eigenvalue weighted by Gasteiger charge is -2.24. The molecule has 8 nitrogen and oxygen atoms in total. The van der Waals surface area contributed by atoms with Crippen molar-refractivity contribution in [3.8, 4) is 0 Å². The number of hydrogen-bond acceptors (Lipinski definition) is 6. The predicted molar refractivity (Wildman–Crippen MR) is 275 cm³/mol. The van der Waals surface area contributed by atoms with Gasteiger partial charge in [0, 0.05) is 13.0 Å². The molecular weight excluding hydrogens is 818 g/mol. The molecule has 0 amide bonds. The molecule has 0 aliphatic rings. The largest absolute Gasteiger partial charge is 0.472 e. The molecule has 1 N–H and O–H groups in total. The summed E-state index contributed by atoms with van der Waals surface area (Å²) in [6.07, 6.45) is 57.0. The minimum atomic E-state index is -4.28. The van der Waals surface area contributed by atoms with Gasteiger partial charge in [-0.1, -0.05) is 244 Å². The number of hydrogen-bond donors (Lipinski definition) is 1. The van der Waals surface area contributed by atoms with E-state index in [2.05, 4.69) is 26.0 Å². The Bertz CT molecular complexity index is 1030. The number of rotatable bonds is 53. The Labute approximate surface area is 399 Å². The highest BCUT2D eigenvalue weighted by Gasteiger charge is 2.26. The molecule has 0 rings (SSSR count). The van der Waals surface area contributed by atoms with Gasteiger partial charge in [-0.15, -0.1) is 0 Å². The van der Waals surface area contributed by atoms with Gasteiger partial charge in [0.15, 0.2) is 0 Å². The van der Waals surface area contributed by atoms with Crippen LogP contribution in [0.25, 0.3) is 0 Å². The molecule has 0 aromatic rings. The number of unbranched alkanes of at least 4 members (excludes halogenated alkanes) is 37. The van der Waals surface area contributed by atoms with E-state index in [0.717, 1.165) is 32.1 Å². The van der Waals surface area contributed by atoms with Crippen LogP contribution in [0.4, 0.5) is 0 Å². The Kier molecular flexibility index (Phi) is 48.1. The highest BCUT2D eigenvalue weighted by atomic mass is 31.2. The molecule has 0 saturated heterocycles. The van der Waals surface area contributed by atoms with Gasteiger partial charge in [-0.25, -0.2) is 4.57 Å². The molecule has 0 bridgehead atoms. The zero-order valence-corrected chi connectivity index (χ0v) is 44.4. The monoisotopic (exact) mass is 929 g/mol. The lowest BCUT2D eigenvalue weighted by molar-refractivity contribution is -0.870. The van der Waals surface area contributed by atoms with E-state index in [1.54, 1.807) is 0 Å². The van der Waals surface area contributed by atoms with E-state index in [-0.39, 0.29) is 25.8 Å². The normalized spacial score (nSPS) is 13.5. The van der Waals surface area contributed by atoms with Crippen LogP contribution in [0.2, 0.25) is 0 Å². The summed E-state index contributed by atoms with van der Waals surface area (Å²) < 4.78 is 35.2. The first kappa shape index (κ1) is 63.2. The van der Waals surface area contributed by atoms with Crippen LogP contribution >= 0.6 is 7.82 Å². The summed E-state index contributed by atoms with van der Waals surface area (Å²) in [5, 5.41) is 0. The van der Waals surface area contributed by atoms with Gasteiger partial charge < -0.3 is 18.9 Å². The van der Waals surface area contributed by atoms with Gasteiger partial charge in [-0.2, -0.15) is 0 Å². The Morgan fingerprint density at radius 3 is 1.19 bits per heavy atom. The number of nitrogens with zero attached hydrogens (tertiary/aromatic N) is 1. The van der Waals surface area contributed by atoms with E-state index >= 15 is 0 Å². The quantitative estimate of drug-likeness (QED) is 0.0214. The van der Waals surface area contributed by atoms with Gasteiger partial charge in [0.1, 0.15) is 19.3 Å². The van der Waals surface area contributed by atoms with E-state index in [1.807, 2.05) is 21.1 Å². The van der Waals surface area contributed by atoms with Crippen LogP contribution < -0.4 is 0 Å². The van der Waals surface area contributed by atoms with E-state index in [0.29, 0.717) is 24.1 Å². The number of phosphoric ester groups is 1. The first-order valence-corrected chi connectivity index (χ1v) is 29.4. The van der Waals surface area contributed by atoms with E-state index in [1.165, 1.54) is 225 Å². The molecular formula is C55H111NO7P+. The maximum Gasteiger partial charge on any atom is 0.472 e. The molecule has 0 radical (unpaired) electrons. The third-order valence-electron chi connectivity index (χ3n) is 12.6. The zero-order chi connectivity index (χ0) is 46.9. The Hall–Kier alpha value is -0.760. The van der Waals surface area contributed by atoms with Crippen molar-refractivity contribution in [1.29, 1.82) is 0 Å². The molecule has 0 aliphatic carbocycles. The molecule has 64 heavy (non-hydrogen) atoms. The Balaban J connectivity index is 4.02. The Morgan fingerprint density at radius 1 is 0.469 bits per heavy atom. The second kappa shape index (κ2) is 48.7. The van der Waals surface area contributed by atoms with E-state index < -0.39 is 13.9 Å². The molecule has 0 aromatic carbocycles. The number of quaternary nitrogens is 1. The molecule has 382 valence electrons. The smallest absolute Gasteiger partial charge is 0.457 e. The van der Waals surface area contributed by atoms with Gasteiger partial charge in [0.25, 0.3) is 0 Å². The summed E-state index contributed by atoms with van der Waals surface area (Å²) >= 11 is 0. The average Bonchev–Trinajstić information content (AvgIpc) is 3.25. The third-order valence-corrected chi connectivity index (χ3v) is 13.6. The molecule has 0 aromatic heterocycles. The topological polar surface area (TPSA) is 91.3 Å². The van der Waals surface area contributed by atoms with Crippen LogP contribution in [0.1, 0.15) is 277 Å². The minimum Gasteiger partial charge on any atom is -0.457 e. The van der Waals surface area contributed by atoms with Crippen molar-refractivity contribution < 1.29 is 37.3 Å². The standard InChI is InChI=1S/C55H110NO7P/c1-6-8-10-12-14-16-18-20-22-24-25-26-27-28-29-30-31-32-34-36-38-40-42-44-46-48-55(57)63-54(53-62-64(58,59)61-51-49-56(3,4)5)52-60-50-47-45-43-41-39-37-35-33-23-21-19-17-15-13-11-9-7-2/h23,33,54H,6-22,24-32,34-53H2,1-5H3/p+1/b33-23-. The summed E-state index contributed by atoms with van der Waals surface area (Å²) in [6.45, 7) is 5.68. The van der Waals surface area contributed by atoms with Crippen molar-refractivity contribution in [2.45, 2.75) is 283 Å². The Morgan fingerprint density at radius 2 is 0.812 bits per heavy atom. The van der Waals surface area contributed by atoms with Crippen LogP contribution in [-0.2, 0) is 27.9 Å². The predicted octanol–water partition coefficient (Wildman–Crippen LogP) is 17.3. The van der Waals surface area contributed by atoms with Crippen LogP contribution in [0.15, 0.2) is 12.2 Å². The van der Waals surface area contributed by atoms with Crippen molar-refractivity contribution in [3.05, 3.63) is 12.2 Å². The molecule has 0 heterocycles. The van der Waals surface area contributed by atoms with Gasteiger partial charge in [0.2, 0.25) is 0 Å². The number of phosphoric acid groups is 1. The van der Waals surface area contributed by atoms with Crippen molar-refractivity contribution in [2.24, 2.45) is 0 Å². The van der Waals surface area contributed by atoms with E-state index in [4.69, 9.17) is 18.5 Å². The molecule has 0 saturated carbocycles. The van der Waals surface area contributed by atoms with Gasteiger partial charge in [-0.05, 0) is 38.5 Å². The van der Waals surface area contributed by atoms with Crippen LogP contribution in [0.5, 0.6) is 0 Å². The molecule has 9 heteroatoms. The van der Waals surface area contributed by atoms with Crippen LogP contribution in [0.3, 0.4) is 0 Å². The summed E-state index contributed by atoms with van der Waals surface area (Å²) in [5.41, 5.74) is 0. The fraction of sp³-hybridized carbons (Fsp3) is 0.945. The highest BCUT2D eigenvalue weighted by molar-refractivity contribution is 7.47. The van der Waals surface area contributed by atoms with Gasteiger partial charge in [0.05, 0.1) is 34.4 Å². The minimum absolute atomic E-state index is 0.0911. The number of allylic oxidation sites excluding steroid dienone is 2. The molecule has 0 spiro atoms. The van der Waals surface area contributed by atoms with Gasteiger partial charge >= 0.3 is 13.8 Å². The number of carbonyl (C=O) groups excluding carboxylic acids is 1. The van der Waals surface area contributed by atoms with E-state index in [9.17, 15) is 14.3 Å². The molecule has 0 aliphatic heterocycles. The molecule has 2 unspecified atom stereocenters. The zero-order valence-electron chi connectivity index (χ0n) is 43.6. The lowest BCUT2D eigenvalue weighted by Crippen LogP contribution is -2.37. The van der Waals surface area contributed by atoms with Crippen molar-refractivity contribution >= 4 is 13.8 Å². The first-order valence-electron chi connectivity index (χ1n) is 27.9. The van der Waals surface area contributed by atoms with Crippen molar-refractivity contribution in [1.82, 2.24) is 0 Å². The third kappa shape index (κ3) is 52.2. The summed E-state index contributed by atoms with van der Waals surface area (Å²) in [7, 11) is 1.68. The molecule has 0 fully saturated rings. The SMILES string of the molecule is CCCCCCCCC/C=C\CCCCCCCCOCC(COP(=O)(O)OCC[N+](C)(C)C)OC(=O)CCCCCCCCCCCCCCCCCCCCCCCCCCC. The van der Waals surface area contributed by atoms with Crippen molar-refractivity contribution in [2.75, 3.05) is 54.1 Å². The fourth-order valence-electron chi connectivity index (χ4n) is 8.26. The van der Waals surface area contributed by atoms with Crippen LogP contribution in [0, 0.1) is 0 Å². The fourth-order valence-corrected chi connectivity index (χ4v) is 9.00. The number of likely N-dealkylation sites (N-methyl/N-ethyl adjacent to an activating group) is 1. The summed E-state index contributed by atoms with van der Waals surface area (Å²) in [4.78, 5) is 23.0. The first-order chi connectivity index (χ1) is 31.1. The number of esters is 1. The maximum atomic E-state index is 12.8. The highest BCUT2D eigenvalue weighted by Crippen LogP contribution is 2.43. The molecule has 2 atom stereocenters. The second-order valence-corrected chi connectivity index (χ2v) is 21.8. The maximum absolute atomic E-state index is 12.8. The van der Waals surface area contributed by atoms with Gasteiger partial charge in [-0.3, -0.25) is 13.8 Å². The summed E-state index contributed by atoms with van der Waals surface area (Å²) in [5.74, 6) is -0.308.